The molecule has 2 nitrogen and oxygen atoms in total. The fraction of sp³-hybridized carbons (Fsp3) is 0.417. The van der Waals surface area contributed by atoms with E-state index in [-0.39, 0.29) is 6.10 Å². The third-order valence-electron chi connectivity index (χ3n) is 2.48. The van der Waals surface area contributed by atoms with Crippen LogP contribution in [0.15, 0.2) is 30.3 Å². The van der Waals surface area contributed by atoms with E-state index in [0.29, 0.717) is 12.2 Å². The Balaban J connectivity index is 1.94. The number of carbonyl (C=O) groups excluding carboxylic acids is 1. The van der Waals surface area contributed by atoms with Crippen molar-refractivity contribution in [3.05, 3.63) is 30.3 Å². The van der Waals surface area contributed by atoms with Crippen LogP contribution >= 0.6 is 0 Å². The molecule has 0 aromatic heterocycles. The summed E-state index contributed by atoms with van der Waals surface area (Å²) in [5.74, 6) is 1.20. The van der Waals surface area contributed by atoms with Gasteiger partial charge >= 0.3 is 0 Å². The van der Waals surface area contributed by atoms with Gasteiger partial charge in [0.05, 0.1) is 0 Å². The van der Waals surface area contributed by atoms with Crippen LogP contribution in [0.5, 0.6) is 5.75 Å². The molecule has 0 aliphatic heterocycles. The van der Waals surface area contributed by atoms with Crippen molar-refractivity contribution >= 4 is 5.78 Å². The second-order valence-electron chi connectivity index (χ2n) is 3.69. The van der Waals surface area contributed by atoms with Crippen LogP contribution in [-0.2, 0) is 4.79 Å². The van der Waals surface area contributed by atoms with Gasteiger partial charge < -0.3 is 4.74 Å². The van der Waals surface area contributed by atoms with Crippen LogP contribution in [-0.4, -0.2) is 11.9 Å². The van der Waals surface area contributed by atoms with E-state index in [1.54, 1.807) is 0 Å². The van der Waals surface area contributed by atoms with Crippen LogP contribution < -0.4 is 4.74 Å². The van der Waals surface area contributed by atoms with E-state index in [2.05, 4.69) is 0 Å². The van der Waals surface area contributed by atoms with E-state index in [4.69, 9.17) is 4.74 Å². The molecule has 74 valence electrons. The Morgan fingerprint density at radius 2 is 2.00 bits per heavy atom. The van der Waals surface area contributed by atoms with Crippen molar-refractivity contribution in [2.75, 3.05) is 0 Å². The van der Waals surface area contributed by atoms with Crippen molar-refractivity contribution in [1.29, 1.82) is 0 Å². The summed E-state index contributed by atoms with van der Waals surface area (Å²) in [5.41, 5.74) is 0. The maximum Gasteiger partial charge on any atom is 0.136 e. The zero-order valence-corrected chi connectivity index (χ0v) is 8.11. The first-order valence-corrected chi connectivity index (χ1v) is 5.08. The highest BCUT2D eigenvalue weighted by Gasteiger charge is 2.20. The summed E-state index contributed by atoms with van der Waals surface area (Å²) in [4.78, 5) is 11.2. The van der Waals surface area contributed by atoms with Crippen LogP contribution in [0.2, 0.25) is 0 Å². The zero-order valence-electron chi connectivity index (χ0n) is 8.11. The minimum absolute atomic E-state index is 0.0960. The molecule has 1 saturated carbocycles. The van der Waals surface area contributed by atoms with E-state index in [1.165, 1.54) is 0 Å². The molecule has 0 heterocycles. The number of benzene rings is 1. The molecule has 0 bridgehead atoms. The van der Waals surface area contributed by atoms with Gasteiger partial charge in [0.25, 0.3) is 0 Å². The molecule has 1 unspecified atom stereocenters. The average Bonchev–Trinajstić information content (AvgIpc) is 2.19. The Labute approximate surface area is 83.9 Å². The largest absolute Gasteiger partial charge is 0.490 e. The Bertz CT molecular complexity index is 305. The molecule has 0 radical (unpaired) electrons. The Morgan fingerprint density at radius 3 is 2.71 bits per heavy atom. The Hall–Kier alpha value is -1.31. The number of rotatable bonds is 2. The van der Waals surface area contributed by atoms with Gasteiger partial charge in [-0.05, 0) is 25.0 Å². The topological polar surface area (TPSA) is 26.3 Å². The monoisotopic (exact) mass is 190 g/mol. The standard InChI is InChI=1S/C12H14O2/c13-10-5-4-8-12(9-10)14-11-6-2-1-3-7-11/h1-3,6-7,12H,4-5,8-9H2. The fourth-order valence-electron chi connectivity index (χ4n) is 1.78. The molecule has 2 rings (SSSR count). The molecule has 1 aromatic carbocycles. The van der Waals surface area contributed by atoms with Crippen molar-refractivity contribution in [3.63, 3.8) is 0 Å². The van der Waals surface area contributed by atoms with Gasteiger partial charge in [0.15, 0.2) is 0 Å². The van der Waals surface area contributed by atoms with Crippen molar-refractivity contribution in [2.45, 2.75) is 31.8 Å². The maximum absolute atomic E-state index is 11.2. The first-order chi connectivity index (χ1) is 6.84. The van der Waals surface area contributed by atoms with Gasteiger partial charge in [0.2, 0.25) is 0 Å². The molecule has 14 heavy (non-hydrogen) atoms. The molecule has 1 aliphatic carbocycles. The first kappa shape index (κ1) is 9.25. The number of hydrogen-bond donors (Lipinski definition) is 0. The lowest BCUT2D eigenvalue weighted by Gasteiger charge is -2.22. The number of Topliss-reactive ketones (excluding diaryl/α,β-unsaturated/α-hetero) is 1. The highest BCUT2D eigenvalue weighted by atomic mass is 16.5. The smallest absolute Gasteiger partial charge is 0.136 e. The van der Waals surface area contributed by atoms with Gasteiger partial charge in [0.1, 0.15) is 17.6 Å². The summed E-state index contributed by atoms with van der Waals surface area (Å²) in [6, 6.07) is 9.71. The third kappa shape index (κ3) is 2.34. The van der Waals surface area contributed by atoms with E-state index >= 15 is 0 Å². The van der Waals surface area contributed by atoms with E-state index in [9.17, 15) is 4.79 Å². The molecule has 1 aliphatic rings. The summed E-state index contributed by atoms with van der Waals surface area (Å²) in [6.45, 7) is 0. The summed E-state index contributed by atoms with van der Waals surface area (Å²) in [6.07, 6.45) is 3.37. The Morgan fingerprint density at radius 1 is 1.21 bits per heavy atom. The number of ketones is 1. The molecule has 1 aromatic rings. The van der Waals surface area contributed by atoms with Gasteiger partial charge in [-0.25, -0.2) is 0 Å². The van der Waals surface area contributed by atoms with E-state index < -0.39 is 0 Å². The Kier molecular flexibility index (Phi) is 2.82. The maximum atomic E-state index is 11.2. The van der Waals surface area contributed by atoms with Crippen molar-refractivity contribution in [2.24, 2.45) is 0 Å². The number of para-hydroxylation sites is 1. The van der Waals surface area contributed by atoms with Gasteiger partial charge in [-0.3, -0.25) is 4.79 Å². The van der Waals surface area contributed by atoms with Crippen molar-refractivity contribution in [1.82, 2.24) is 0 Å². The second kappa shape index (κ2) is 4.27. The molecule has 0 N–H and O–H groups in total. The number of carbonyl (C=O) groups is 1. The van der Waals surface area contributed by atoms with Crippen molar-refractivity contribution < 1.29 is 9.53 Å². The minimum Gasteiger partial charge on any atom is -0.490 e. The molecule has 0 saturated heterocycles. The lowest BCUT2D eigenvalue weighted by molar-refractivity contribution is -0.122. The molecule has 2 heteroatoms. The molecule has 1 atom stereocenters. The number of ether oxygens (including phenoxy) is 1. The summed E-state index contributed by atoms with van der Waals surface area (Å²) >= 11 is 0. The molecule has 1 fully saturated rings. The highest BCUT2D eigenvalue weighted by molar-refractivity contribution is 5.79. The van der Waals surface area contributed by atoms with Crippen LogP contribution in [0.1, 0.15) is 25.7 Å². The summed E-state index contributed by atoms with van der Waals surface area (Å²) in [7, 11) is 0. The molecular formula is C12H14O2. The molecule has 0 spiro atoms. The predicted molar refractivity (Wildman–Crippen MR) is 54.3 cm³/mol. The normalized spacial score (nSPS) is 22.0. The quantitative estimate of drug-likeness (QED) is 0.716. The zero-order chi connectivity index (χ0) is 9.80. The van der Waals surface area contributed by atoms with Gasteiger partial charge in [0, 0.05) is 12.8 Å². The number of hydrogen-bond acceptors (Lipinski definition) is 2. The summed E-state index contributed by atoms with van der Waals surface area (Å²) < 4.78 is 5.70. The fourth-order valence-corrected chi connectivity index (χ4v) is 1.78. The molecule has 0 amide bonds. The second-order valence-corrected chi connectivity index (χ2v) is 3.69. The average molecular weight is 190 g/mol. The van der Waals surface area contributed by atoms with E-state index in [1.807, 2.05) is 30.3 Å². The van der Waals surface area contributed by atoms with Gasteiger partial charge in [-0.15, -0.1) is 0 Å². The van der Waals surface area contributed by atoms with Crippen LogP contribution in [0, 0.1) is 0 Å². The lowest BCUT2D eigenvalue weighted by atomic mass is 9.96. The van der Waals surface area contributed by atoms with Crippen LogP contribution in [0.4, 0.5) is 0 Å². The first-order valence-electron chi connectivity index (χ1n) is 5.08. The van der Waals surface area contributed by atoms with Crippen LogP contribution in [0.25, 0.3) is 0 Å². The predicted octanol–water partition coefficient (Wildman–Crippen LogP) is 2.58. The highest BCUT2D eigenvalue weighted by Crippen LogP contribution is 2.20. The van der Waals surface area contributed by atoms with Crippen LogP contribution in [0.3, 0.4) is 0 Å². The van der Waals surface area contributed by atoms with Crippen molar-refractivity contribution in [3.8, 4) is 5.75 Å². The lowest BCUT2D eigenvalue weighted by Crippen LogP contribution is -2.25. The van der Waals surface area contributed by atoms with Gasteiger partial charge in [-0.2, -0.15) is 0 Å². The minimum atomic E-state index is 0.0960. The molecular weight excluding hydrogens is 176 g/mol. The van der Waals surface area contributed by atoms with Gasteiger partial charge in [-0.1, -0.05) is 18.2 Å². The SMILES string of the molecule is O=C1CCCC(Oc2ccccc2)C1. The summed E-state index contributed by atoms with van der Waals surface area (Å²) in [5, 5.41) is 0. The van der Waals surface area contributed by atoms with E-state index in [0.717, 1.165) is 25.0 Å². The third-order valence-corrected chi connectivity index (χ3v) is 2.48.